The number of aromatic hydroxyl groups is 1. The minimum atomic E-state index is -1.02. The molecule has 2 rings (SSSR count). The molecule has 0 radical (unpaired) electrons. The highest BCUT2D eigenvalue weighted by Crippen LogP contribution is 2.31. The van der Waals surface area contributed by atoms with Crippen molar-refractivity contribution in [2.75, 3.05) is 0 Å². The van der Waals surface area contributed by atoms with E-state index < -0.39 is 5.97 Å². The van der Waals surface area contributed by atoms with Gasteiger partial charge in [0.15, 0.2) is 11.5 Å². The van der Waals surface area contributed by atoms with Gasteiger partial charge in [0.2, 0.25) is 0 Å². The van der Waals surface area contributed by atoms with Crippen molar-refractivity contribution in [2.24, 2.45) is 0 Å². The number of ether oxygens (including phenoxy) is 1. The Bertz CT molecular complexity index is 408. The monoisotopic (exact) mass is 236 g/mol. The third-order valence-electron chi connectivity index (χ3n) is 3.05. The van der Waals surface area contributed by atoms with Gasteiger partial charge >= 0.3 is 5.97 Å². The maximum absolute atomic E-state index is 10.8. The zero-order valence-electron chi connectivity index (χ0n) is 9.56. The average molecular weight is 236 g/mol. The molecule has 2 N–H and O–H groups in total. The SMILES string of the molecule is O=C(O)c1ccc(O)c(OC2CCCCC2)c1. The molecule has 1 aromatic rings. The second kappa shape index (κ2) is 5.08. The lowest BCUT2D eigenvalue weighted by Crippen LogP contribution is -2.19. The maximum atomic E-state index is 10.8. The van der Waals surface area contributed by atoms with Crippen LogP contribution >= 0.6 is 0 Å². The first-order chi connectivity index (χ1) is 8.16. The van der Waals surface area contributed by atoms with Crippen molar-refractivity contribution >= 4 is 5.97 Å². The van der Waals surface area contributed by atoms with E-state index >= 15 is 0 Å². The van der Waals surface area contributed by atoms with Crippen LogP contribution in [0, 0.1) is 0 Å². The van der Waals surface area contributed by atoms with Gasteiger partial charge in [-0.1, -0.05) is 6.42 Å². The van der Waals surface area contributed by atoms with E-state index in [1.54, 1.807) is 0 Å². The van der Waals surface area contributed by atoms with Gasteiger partial charge in [-0.05, 0) is 43.9 Å². The number of hydrogen-bond donors (Lipinski definition) is 2. The first-order valence-electron chi connectivity index (χ1n) is 5.90. The van der Waals surface area contributed by atoms with Crippen molar-refractivity contribution in [3.05, 3.63) is 23.8 Å². The molecule has 1 aliphatic carbocycles. The Balaban J connectivity index is 2.13. The summed E-state index contributed by atoms with van der Waals surface area (Å²) in [4.78, 5) is 10.8. The van der Waals surface area contributed by atoms with Crippen LogP contribution in [-0.4, -0.2) is 22.3 Å². The second-order valence-electron chi connectivity index (χ2n) is 4.37. The molecule has 17 heavy (non-hydrogen) atoms. The zero-order valence-corrected chi connectivity index (χ0v) is 9.56. The fraction of sp³-hybridized carbons (Fsp3) is 0.462. The quantitative estimate of drug-likeness (QED) is 0.846. The van der Waals surface area contributed by atoms with Crippen LogP contribution in [0.1, 0.15) is 42.5 Å². The van der Waals surface area contributed by atoms with Crippen LogP contribution in [0.4, 0.5) is 0 Å². The third-order valence-corrected chi connectivity index (χ3v) is 3.05. The first-order valence-corrected chi connectivity index (χ1v) is 5.90. The molecule has 0 aliphatic heterocycles. The number of benzene rings is 1. The number of carbonyl (C=O) groups is 1. The van der Waals surface area contributed by atoms with Crippen molar-refractivity contribution in [1.29, 1.82) is 0 Å². The summed E-state index contributed by atoms with van der Waals surface area (Å²) in [6.07, 6.45) is 5.52. The lowest BCUT2D eigenvalue weighted by atomic mass is 9.98. The summed E-state index contributed by atoms with van der Waals surface area (Å²) in [5, 5.41) is 18.5. The molecule has 1 aromatic carbocycles. The summed E-state index contributed by atoms with van der Waals surface area (Å²) < 4.78 is 5.66. The molecule has 0 aromatic heterocycles. The van der Waals surface area contributed by atoms with E-state index in [1.807, 2.05) is 0 Å². The fourth-order valence-corrected chi connectivity index (χ4v) is 2.10. The number of phenols is 1. The van der Waals surface area contributed by atoms with Gasteiger partial charge in [0.05, 0.1) is 11.7 Å². The van der Waals surface area contributed by atoms with Crippen LogP contribution in [0.3, 0.4) is 0 Å². The van der Waals surface area contributed by atoms with Crippen LogP contribution in [-0.2, 0) is 0 Å². The van der Waals surface area contributed by atoms with Crippen molar-refractivity contribution in [3.8, 4) is 11.5 Å². The predicted molar refractivity (Wildman–Crippen MR) is 62.6 cm³/mol. The van der Waals surface area contributed by atoms with E-state index in [1.165, 1.54) is 24.6 Å². The summed E-state index contributed by atoms with van der Waals surface area (Å²) in [5.74, 6) is -0.740. The average Bonchev–Trinajstić information content (AvgIpc) is 2.33. The first kappa shape index (κ1) is 11.8. The molecular weight excluding hydrogens is 220 g/mol. The molecule has 4 nitrogen and oxygen atoms in total. The Morgan fingerprint density at radius 3 is 2.59 bits per heavy atom. The number of rotatable bonds is 3. The second-order valence-corrected chi connectivity index (χ2v) is 4.37. The number of carboxylic acids is 1. The minimum Gasteiger partial charge on any atom is -0.504 e. The molecule has 1 aliphatic rings. The van der Waals surface area contributed by atoms with E-state index in [9.17, 15) is 9.90 Å². The molecule has 0 spiro atoms. The van der Waals surface area contributed by atoms with Crippen LogP contribution in [0.5, 0.6) is 11.5 Å². The van der Waals surface area contributed by atoms with Crippen molar-refractivity contribution in [1.82, 2.24) is 0 Å². The molecule has 92 valence electrons. The van der Waals surface area contributed by atoms with Crippen molar-refractivity contribution < 1.29 is 19.7 Å². The summed E-state index contributed by atoms with van der Waals surface area (Å²) in [6.45, 7) is 0. The normalized spacial score (nSPS) is 16.7. The summed E-state index contributed by atoms with van der Waals surface area (Å²) in [6, 6.07) is 4.11. The minimum absolute atomic E-state index is 0.000531. The molecule has 0 amide bonds. The number of phenolic OH excluding ortho intramolecular Hbond substituents is 1. The van der Waals surface area contributed by atoms with Crippen LogP contribution in [0.25, 0.3) is 0 Å². The van der Waals surface area contributed by atoms with Crippen molar-refractivity contribution in [2.45, 2.75) is 38.2 Å². The van der Waals surface area contributed by atoms with Gasteiger partial charge in [0.25, 0.3) is 0 Å². The predicted octanol–water partition coefficient (Wildman–Crippen LogP) is 2.80. The van der Waals surface area contributed by atoms with Crippen LogP contribution in [0.2, 0.25) is 0 Å². The Hall–Kier alpha value is -1.71. The topological polar surface area (TPSA) is 66.8 Å². The van der Waals surface area contributed by atoms with Gasteiger partial charge in [-0.3, -0.25) is 0 Å². The highest BCUT2D eigenvalue weighted by molar-refractivity contribution is 5.88. The molecule has 0 bridgehead atoms. The largest absolute Gasteiger partial charge is 0.504 e. The lowest BCUT2D eigenvalue weighted by Gasteiger charge is -2.23. The highest BCUT2D eigenvalue weighted by Gasteiger charge is 2.17. The van der Waals surface area contributed by atoms with E-state index in [0.717, 1.165) is 25.7 Å². The summed E-state index contributed by atoms with van der Waals surface area (Å²) in [5.41, 5.74) is 0.133. The smallest absolute Gasteiger partial charge is 0.335 e. The van der Waals surface area contributed by atoms with Gasteiger partial charge in [-0.15, -0.1) is 0 Å². The molecule has 1 saturated carbocycles. The van der Waals surface area contributed by atoms with Gasteiger partial charge < -0.3 is 14.9 Å². The van der Waals surface area contributed by atoms with Gasteiger partial charge in [0, 0.05) is 0 Å². The maximum Gasteiger partial charge on any atom is 0.335 e. The lowest BCUT2D eigenvalue weighted by molar-refractivity contribution is 0.0695. The molecule has 0 heterocycles. The third kappa shape index (κ3) is 2.90. The zero-order chi connectivity index (χ0) is 12.3. The van der Waals surface area contributed by atoms with E-state index in [0.29, 0.717) is 0 Å². The van der Waals surface area contributed by atoms with E-state index in [2.05, 4.69) is 0 Å². The van der Waals surface area contributed by atoms with Crippen LogP contribution in [0.15, 0.2) is 18.2 Å². The van der Waals surface area contributed by atoms with E-state index in [4.69, 9.17) is 9.84 Å². The van der Waals surface area contributed by atoms with Crippen molar-refractivity contribution in [3.63, 3.8) is 0 Å². The molecule has 0 atom stereocenters. The molecule has 0 unspecified atom stereocenters. The van der Waals surface area contributed by atoms with Gasteiger partial charge in [0.1, 0.15) is 0 Å². The van der Waals surface area contributed by atoms with Gasteiger partial charge in [-0.25, -0.2) is 4.79 Å². The molecule has 4 heteroatoms. The molecular formula is C13H16O4. The Kier molecular flexibility index (Phi) is 3.52. The van der Waals surface area contributed by atoms with E-state index in [-0.39, 0.29) is 23.2 Å². The molecule has 0 saturated heterocycles. The summed E-state index contributed by atoms with van der Waals surface area (Å²) in [7, 11) is 0. The van der Waals surface area contributed by atoms with Crippen LogP contribution < -0.4 is 4.74 Å². The highest BCUT2D eigenvalue weighted by atomic mass is 16.5. The molecule has 1 fully saturated rings. The summed E-state index contributed by atoms with van der Waals surface area (Å²) >= 11 is 0. The number of hydrogen-bond acceptors (Lipinski definition) is 3. The Morgan fingerprint density at radius 2 is 1.94 bits per heavy atom. The Labute approximate surface area is 99.8 Å². The number of aromatic carboxylic acids is 1. The van der Waals surface area contributed by atoms with Gasteiger partial charge in [-0.2, -0.15) is 0 Å². The number of carboxylic acid groups (broad SMARTS) is 1. The Morgan fingerprint density at radius 1 is 1.24 bits per heavy atom. The standard InChI is InChI=1S/C13H16O4/c14-11-7-6-9(13(15)16)8-12(11)17-10-4-2-1-3-5-10/h6-8,10,14H,1-5H2,(H,15,16). The fourth-order valence-electron chi connectivity index (χ4n) is 2.10.